The van der Waals surface area contributed by atoms with Gasteiger partial charge in [0, 0.05) is 25.7 Å². The minimum atomic E-state index is -4.95. The second-order valence-corrected chi connectivity index (χ2v) is 28.4. The summed E-state index contributed by atoms with van der Waals surface area (Å²) in [6.07, 6.45) is 44.9. The van der Waals surface area contributed by atoms with Gasteiger partial charge in [0.2, 0.25) is 0 Å². The summed E-state index contributed by atoms with van der Waals surface area (Å²) in [6, 6.07) is 0. The monoisotopic (exact) mass is 1280 g/mol. The molecule has 0 aromatic carbocycles. The smallest absolute Gasteiger partial charge is 0.462 e. The Morgan fingerprint density at radius 1 is 0.310 bits per heavy atom. The van der Waals surface area contributed by atoms with Crippen LogP contribution in [0.2, 0.25) is 0 Å². The zero-order chi connectivity index (χ0) is 64.3. The van der Waals surface area contributed by atoms with E-state index in [0.29, 0.717) is 31.6 Å². The number of hydrogen-bond acceptors (Lipinski definition) is 15. The Labute approximate surface area is 530 Å². The van der Waals surface area contributed by atoms with E-state index < -0.39 is 97.5 Å². The molecular formula is C68H132O17P2. The van der Waals surface area contributed by atoms with Crippen molar-refractivity contribution in [2.75, 3.05) is 39.6 Å². The molecule has 516 valence electrons. The van der Waals surface area contributed by atoms with Gasteiger partial charge in [0.25, 0.3) is 0 Å². The number of phosphoric ester groups is 2. The highest BCUT2D eigenvalue weighted by atomic mass is 31.2. The van der Waals surface area contributed by atoms with E-state index >= 15 is 0 Å². The molecule has 19 heteroatoms. The predicted molar refractivity (Wildman–Crippen MR) is 349 cm³/mol. The molecule has 0 aromatic heterocycles. The molecule has 0 fully saturated rings. The standard InChI is InChI=1S/C68H132O17P2/c1-7-9-11-13-14-15-16-17-22-25-28-33-39-45-51-66(71)79-57-64(85-67(72)52-46-40-34-29-26-23-20-18-19-21-24-27-31-37-42-48-60(3)4)59-83-87(76,77)81-55-62(69)54-80-86(74,75)82-58-63(56-78-65(70)50-44-36-12-10-8-2)84-68(73)53-47-41-35-30-32-38-43-49-61(5)6/h60-64,69H,7-59H2,1-6H3,(H,74,75)(H,76,77)/t62-,63+,64+/m0/s1. The van der Waals surface area contributed by atoms with Crippen LogP contribution < -0.4 is 0 Å². The van der Waals surface area contributed by atoms with Gasteiger partial charge in [-0.2, -0.15) is 0 Å². The van der Waals surface area contributed by atoms with E-state index in [1.54, 1.807) is 0 Å². The third-order valence-electron chi connectivity index (χ3n) is 15.7. The summed E-state index contributed by atoms with van der Waals surface area (Å²) in [5, 5.41) is 10.5. The van der Waals surface area contributed by atoms with Gasteiger partial charge in [0.1, 0.15) is 19.3 Å². The SMILES string of the molecule is CCCCCCCCCCCCCCCCC(=O)OC[C@H](COP(=O)(O)OC[C@@H](O)COP(=O)(O)OC[C@@H](COC(=O)CCCCCCC)OC(=O)CCCCCCCCCC(C)C)OC(=O)CCCCCCCCCCCCCCCCCC(C)C. The molecule has 0 amide bonds. The Kier molecular flexibility index (Phi) is 59.0. The van der Waals surface area contributed by atoms with Crippen LogP contribution in [0.3, 0.4) is 0 Å². The Bertz CT molecular complexity index is 1700. The number of esters is 4. The summed E-state index contributed by atoms with van der Waals surface area (Å²) >= 11 is 0. The van der Waals surface area contributed by atoms with Crippen LogP contribution in [0.1, 0.15) is 343 Å². The fraction of sp³-hybridized carbons (Fsp3) is 0.941. The Balaban J connectivity index is 5.15. The van der Waals surface area contributed by atoms with Crippen molar-refractivity contribution in [1.29, 1.82) is 0 Å². The van der Waals surface area contributed by atoms with Crippen molar-refractivity contribution in [2.24, 2.45) is 11.8 Å². The van der Waals surface area contributed by atoms with Crippen LogP contribution in [0.15, 0.2) is 0 Å². The number of ether oxygens (including phenoxy) is 4. The van der Waals surface area contributed by atoms with Crippen molar-refractivity contribution in [3.05, 3.63) is 0 Å². The number of unbranched alkanes of at least 4 members (excludes halogenated alkanes) is 37. The maximum atomic E-state index is 13.0. The molecule has 87 heavy (non-hydrogen) atoms. The van der Waals surface area contributed by atoms with Crippen LogP contribution in [-0.2, 0) is 65.4 Å². The van der Waals surface area contributed by atoms with Crippen molar-refractivity contribution in [3.8, 4) is 0 Å². The third-order valence-corrected chi connectivity index (χ3v) is 17.6. The summed E-state index contributed by atoms with van der Waals surface area (Å²) in [6.45, 7) is 9.41. The lowest BCUT2D eigenvalue weighted by Gasteiger charge is -2.21. The highest BCUT2D eigenvalue weighted by Crippen LogP contribution is 2.45. The molecule has 0 aliphatic rings. The van der Waals surface area contributed by atoms with Crippen molar-refractivity contribution in [2.45, 2.75) is 362 Å². The maximum absolute atomic E-state index is 13.0. The van der Waals surface area contributed by atoms with E-state index in [0.717, 1.165) is 102 Å². The van der Waals surface area contributed by atoms with E-state index in [4.69, 9.17) is 37.0 Å². The highest BCUT2D eigenvalue weighted by Gasteiger charge is 2.30. The normalized spacial score (nSPS) is 14.2. The molecule has 0 saturated heterocycles. The van der Waals surface area contributed by atoms with Gasteiger partial charge in [-0.05, 0) is 37.5 Å². The van der Waals surface area contributed by atoms with E-state index in [9.17, 15) is 43.2 Å². The number of aliphatic hydroxyl groups excluding tert-OH is 1. The third kappa shape index (κ3) is 62.6. The Morgan fingerprint density at radius 3 is 0.782 bits per heavy atom. The zero-order valence-electron chi connectivity index (χ0n) is 56.3. The first-order chi connectivity index (χ1) is 41.9. The average molecular weight is 1280 g/mol. The molecule has 17 nitrogen and oxygen atoms in total. The van der Waals surface area contributed by atoms with Crippen molar-refractivity contribution < 1.29 is 80.2 Å². The van der Waals surface area contributed by atoms with Crippen LogP contribution in [0.4, 0.5) is 0 Å². The number of hydrogen-bond donors (Lipinski definition) is 3. The van der Waals surface area contributed by atoms with Gasteiger partial charge in [0.15, 0.2) is 12.2 Å². The van der Waals surface area contributed by atoms with Crippen LogP contribution >= 0.6 is 15.6 Å². The molecule has 0 aromatic rings. The lowest BCUT2D eigenvalue weighted by atomic mass is 10.0. The molecule has 2 unspecified atom stereocenters. The van der Waals surface area contributed by atoms with Crippen molar-refractivity contribution >= 4 is 39.5 Å². The van der Waals surface area contributed by atoms with E-state index in [2.05, 4.69) is 41.5 Å². The van der Waals surface area contributed by atoms with E-state index in [-0.39, 0.29) is 25.7 Å². The second kappa shape index (κ2) is 60.3. The first-order valence-electron chi connectivity index (χ1n) is 35.5. The lowest BCUT2D eigenvalue weighted by Crippen LogP contribution is -2.30. The molecule has 3 N–H and O–H groups in total. The molecule has 0 spiro atoms. The lowest BCUT2D eigenvalue weighted by molar-refractivity contribution is -0.161. The van der Waals surface area contributed by atoms with Crippen LogP contribution in [0.25, 0.3) is 0 Å². The number of phosphoric acid groups is 2. The van der Waals surface area contributed by atoms with Gasteiger partial charge in [0.05, 0.1) is 26.4 Å². The molecular weight excluding hydrogens is 1150 g/mol. The number of carbonyl (C=O) groups is 4. The first-order valence-corrected chi connectivity index (χ1v) is 38.5. The quantitative estimate of drug-likeness (QED) is 0.0222. The minimum Gasteiger partial charge on any atom is -0.462 e. The molecule has 0 rings (SSSR count). The predicted octanol–water partition coefficient (Wildman–Crippen LogP) is 19.2. The first kappa shape index (κ1) is 85.1. The van der Waals surface area contributed by atoms with Crippen LogP contribution in [0, 0.1) is 11.8 Å². The highest BCUT2D eigenvalue weighted by molar-refractivity contribution is 7.47. The molecule has 5 atom stereocenters. The zero-order valence-corrected chi connectivity index (χ0v) is 58.1. The molecule has 0 aliphatic heterocycles. The summed E-state index contributed by atoms with van der Waals surface area (Å²) in [7, 11) is -9.89. The van der Waals surface area contributed by atoms with Crippen LogP contribution in [-0.4, -0.2) is 96.7 Å². The summed E-state index contributed by atoms with van der Waals surface area (Å²) in [5.74, 6) is -0.641. The molecule has 0 bridgehead atoms. The van der Waals surface area contributed by atoms with E-state index in [1.165, 1.54) is 154 Å². The van der Waals surface area contributed by atoms with Crippen molar-refractivity contribution in [1.82, 2.24) is 0 Å². The Hall–Kier alpha value is -1.94. The van der Waals surface area contributed by atoms with Crippen molar-refractivity contribution in [3.63, 3.8) is 0 Å². The number of aliphatic hydroxyl groups is 1. The van der Waals surface area contributed by atoms with Gasteiger partial charge >= 0.3 is 39.5 Å². The van der Waals surface area contributed by atoms with Gasteiger partial charge in [-0.15, -0.1) is 0 Å². The fourth-order valence-corrected chi connectivity index (χ4v) is 11.8. The van der Waals surface area contributed by atoms with Gasteiger partial charge < -0.3 is 33.8 Å². The molecule has 0 aliphatic carbocycles. The molecule has 0 heterocycles. The summed E-state index contributed by atoms with van der Waals surface area (Å²) in [5.41, 5.74) is 0. The van der Waals surface area contributed by atoms with Gasteiger partial charge in [-0.3, -0.25) is 37.3 Å². The summed E-state index contributed by atoms with van der Waals surface area (Å²) in [4.78, 5) is 72.1. The number of carbonyl (C=O) groups excluding carboxylic acids is 4. The van der Waals surface area contributed by atoms with Gasteiger partial charge in [-0.25, -0.2) is 9.13 Å². The minimum absolute atomic E-state index is 0.103. The average Bonchev–Trinajstić information content (AvgIpc) is 3.70. The Morgan fingerprint density at radius 2 is 0.529 bits per heavy atom. The fourth-order valence-electron chi connectivity index (χ4n) is 10.2. The number of rotatable bonds is 67. The molecule has 0 saturated carbocycles. The van der Waals surface area contributed by atoms with E-state index in [1.807, 2.05) is 0 Å². The summed E-state index contributed by atoms with van der Waals surface area (Å²) < 4.78 is 68.0. The van der Waals surface area contributed by atoms with Crippen LogP contribution in [0.5, 0.6) is 0 Å². The molecule has 0 radical (unpaired) electrons. The maximum Gasteiger partial charge on any atom is 0.472 e. The largest absolute Gasteiger partial charge is 0.472 e. The van der Waals surface area contributed by atoms with Gasteiger partial charge in [-0.1, -0.05) is 292 Å². The topological polar surface area (TPSA) is 237 Å². The second-order valence-electron chi connectivity index (χ2n) is 25.5.